The van der Waals surface area contributed by atoms with Gasteiger partial charge >= 0.3 is 0 Å². The topological polar surface area (TPSA) is 37.7 Å². The van der Waals surface area contributed by atoms with Gasteiger partial charge < -0.3 is 4.74 Å². The van der Waals surface area contributed by atoms with Gasteiger partial charge in [-0.3, -0.25) is 4.98 Å². The van der Waals surface area contributed by atoms with Gasteiger partial charge in [0.2, 0.25) is 6.23 Å². The van der Waals surface area contributed by atoms with Crippen LogP contribution in [0.1, 0.15) is 46.5 Å². The Morgan fingerprint density at radius 3 is 2.68 bits per heavy atom. The number of aryl methyl sites for hydroxylation is 2. The van der Waals surface area contributed by atoms with Crippen molar-refractivity contribution >= 4 is 17.3 Å². The summed E-state index contributed by atoms with van der Waals surface area (Å²) in [7, 11) is 0. The average Bonchev–Trinajstić information content (AvgIpc) is 3.15. The highest BCUT2D eigenvalue weighted by Crippen LogP contribution is 2.48. The third kappa shape index (κ3) is 2.85. The first-order valence-electron chi connectivity index (χ1n) is 9.39. The monoisotopic (exact) mass is 389 g/mol. The molecule has 0 amide bonds. The highest BCUT2D eigenvalue weighted by atomic mass is 35.5. The summed E-state index contributed by atoms with van der Waals surface area (Å²) >= 11 is 6.30. The summed E-state index contributed by atoms with van der Waals surface area (Å²) in [6.45, 7) is 4.25. The largest absolute Gasteiger partial charge is 0.464 e. The molecule has 0 aliphatic carbocycles. The molecule has 140 valence electrons. The van der Waals surface area contributed by atoms with Crippen LogP contribution in [0.3, 0.4) is 0 Å². The molecule has 0 fully saturated rings. The van der Waals surface area contributed by atoms with Gasteiger partial charge in [0.15, 0.2) is 0 Å². The second kappa shape index (κ2) is 6.64. The molecule has 0 radical (unpaired) electrons. The number of hydrogen-bond donors (Lipinski definition) is 0. The number of pyridine rings is 1. The van der Waals surface area contributed by atoms with Crippen LogP contribution in [0.2, 0.25) is 5.02 Å². The molecular weight excluding hydrogens is 370 g/mol. The Bertz CT molecular complexity index is 1080. The predicted octanol–water partition coefficient (Wildman–Crippen LogP) is 5.59. The number of fused-ring (bicyclic) bond motifs is 3. The second-order valence-electron chi connectivity index (χ2n) is 7.40. The summed E-state index contributed by atoms with van der Waals surface area (Å²) in [5.41, 5.74) is 6.87. The average molecular weight is 390 g/mol. The molecule has 5 heteroatoms. The van der Waals surface area contributed by atoms with Crippen LogP contribution >= 0.6 is 11.6 Å². The summed E-state index contributed by atoms with van der Waals surface area (Å²) in [6, 6.07) is 16.4. The van der Waals surface area contributed by atoms with Gasteiger partial charge in [-0.25, -0.2) is 5.01 Å². The highest BCUT2D eigenvalue weighted by Gasteiger charge is 2.41. The summed E-state index contributed by atoms with van der Waals surface area (Å²) < 4.78 is 6.36. The third-order valence-electron chi connectivity index (χ3n) is 5.45. The zero-order chi connectivity index (χ0) is 19.3. The van der Waals surface area contributed by atoms with Crippen LogP contribution < -0.4 is 4.74 Å². The van der Waals surface area contributed by atoms with E-state index in [2.05, 4.69) is 42.0 Å². The number of nitrogens with zero attached hydrogens (tertiary/aromatic N) is 3. The molecule has 2 atom stereocenters. The van der Waals surface area contributed by atoms with Crippen LogP contribution in [0.5, 0.6) is 5.75 Å². The molecule has 28 heavy (non-hydrogen) atoms. The van der Waals surface area contributed by atoms with Crippen molar-refractivity contribution in [2.75, 3.05) is 0 Å². The molecule has 0 N–H and O–H groups in total. The van der Waals surface area contributed by atoms with Crippen molar-refractivity contribution in [1.29, 1.82) is 0 Å². The molecule has 2 aliphatic rings. The second-order valence-corrected chi connectivity index (χ2v) is 7.83. The van der Waals surface area contributed by atoms with Crippen LogP contribution in [0.15, 0.2) is 66.0 Å². The number of ether oxygens (including phenoxy) is 1. The van der Waals surface area contributed by atoms with E-state index in [-0.39, 0.29) is 12.3 Å². The zero-order valence-corrected chi connectivity index (χ0v) is 16.5. The molecule has 0 bridgehead atoms. The number of aromatic nitrogens is 1. The first-order chi connectivity index (χ1) is 13.6. The van der Waals surface area contributed by atoms with Gasteiger partial charge in [0, 0.05) is 40.5 Å². The van der Waals surface area contributed by atoms with Gasteiger partial charge in [0.05, 0.1) is 11.8 Å². The van der Waals surface area contributed by atoms with Crippen LogP contribution in [0.4, 0.5) is 0 Å². The Labute approximate surface area is 169 Å². The predicted molar refractivity (Wildman–Crippen MR) is 111 cm³/mol. The fourth-order valence-electron chi connectivity index (χ4n) is 4.02. The van der Waals surface area contributed by atoms with E-state index in [9.17, 15) is 0 Å². The van der Waals surface area contributed by atoms with Gasteiger partial charge in [0.1, 0.15) is 5.75 Å². The van der Waals surface area contributed by atoms with Crippen molar-refractivity contribution < 1.29 is 4.74 Å². The van der Waals surface area contributed by atoms with Gasteiger partial charge in [-0.15, -0.1) is 0 Å². The molecule has 0 spiro atoms. The SMILES string of the molecule is Cc1ccc(C)c(C2=NN3[C@@H](c4ccncc4)Oc4ccc(Cl)cc4[C@@H]3C2)c1. The van der Waals surface area contributed by atoms with Crippen molar-refractivity contribution in [2.24, 2.45) is 5.10 Å². The van der Waals surface area contributed by atoms with Gasteiger partial charge in [0.25, 0.3) is 0 Å². The number of rotatable bonds is 2. The smallest absolute Gasteiger partial charge is 0.213 e. The Balaban J connectivity index is 1.63. The van der Waals surface area contributed by atoms with Crippen molar-refractivity contribution in [3.63, 3.8) is 0 Å². The van der Waals surface area contributed by atoms with E-state index in [0.717, 1.165) is 29.0 Å². The van der Waals surface area contributed by atoms with Crippen LogP contribution in [-0.2, 0) is 0 Å². The van der Waals surface area contributed by atoms with Gasteiger partial charge in [-0.1, -0.05) is 29.3 Å². The number of halogens is 1. The summed E-state index contributed by atoms with van der Waals surface area (Å²) in [4.78, 5) is 4.14. The fraction of sp³-hybridized carbons (Fsp3) is 0.217. The molecule has 2 aromatic carbocycles. The summed E-state index contributed by atoms with van der Waals surface area (Å²) in [5, 5.41) is 7.82. The Morgan fingerprint density at radius 1 is 1.04 bits per heavy atom. The molecular formula is C23H20ClN3O. The van der Waals surface area contributed by atoms with E-state index in [0.29, 0.717) is 5.02 Å². The van der Waals surface area contributed by atoms with E-state index in [4.69, 9.17) is 21.4 Å². The molecule has 3 heterocycles. The van der Waals surface area contributed by atoms with Crippen molar-refractivity contribution in [2.45, 2.75) is 32.5 Å². The quantitative estimate of drug-likeness (QED) is 0.573. The van der Waals surface area contributed by atoms with E-state index in [1.165, 1.54) is 16.7 Å². The molecule has 3 aromatic rings. The number of benzene rings is 2. The minimum Gasteiger partial charge on any atom is -0.464 e. The lowest BCUT2D eigenvalue weighted by atomic mass is 9.93. The molecule has 5 rings (SSSR count). The van der Waals surface area contributed by atoms with E-state index >= 15 is 0 Å². The molecule has 1 aromatic heterocycles. The van der Waals surface area contributed by atoms with Crippen molar-refractivity contribution in [3.05, 3.63) is 93.8 Å². The van der Waals surface area contributed by atoms with E-state index in [1.807, 2.05) is 30.3 Å². The lowest BCUT2D eigenvalue weighted by Crippen LogP contribution is -2.33. The molecule has 0 unspecified atom stereocenters. The summed E-state index contributed by atoms with van der Waals surface area (Å²) in [5.74, 6) is 0.866. The van der Waals surface area contributed by atoms with Crippen molar-refractivity contribution in [1.82, 2.24) is 9.99 Å². The molecule has 2 aliphatic heterocycles. The normalized spacial score (nSPS) is 20.2. The van der Waals surface area contributed by atoms with Crippen LogP contribution in [-0.4, -0.2) is 15.7 Å². The lowest BCUT2D eigenvalue weighted by Gasteiger charge is -2.38. The fourth-order valence-corrected chi connectivity index (χ4v) is 4.20. The van der Waals surface area contributed by atoms with Crippen LogP contribution in [0, 0.1) is 13.8 Å². The van der Waals surface area contributed by atoms with Crippen LogP contribution in [0.25, 0.3) is 0 Å². The van der Waals surface area contributed by atoms with Gasteiger partial charge in [-0.05, 0) is 55.8 Å². The number of hydrazone groups is 1. The standard InChI is InChI=1S/C23H20ClN3O/c1-14-3-4-15(2)18(11-14)20-13-21-19-12-17(24)5-6-22(19)28-23(27(21)26-20)16-7-9-25-10-8-16/h3-12,21,23H,13H2,1-2H3/t21-,23+/m0/s1. The maximum absolute atomic E-state index is 6.36. The molecule has 4 nitrogen and oxygen atoms in total. The van der Waals surface area contributed by atoms with E-state index < -0.39 is 0 Å². The number of hydrogen-bond acceptors (Lipinski definition) is 4. The Kier molecular flexibility index (Phi) is 4.09. The summed E-state index contributed by atoms with van der Waals surface area (Å²) in [6.07, 6.45) is 4.11. The zero-order valence-electron chi connectivity index (χ0n) is 15.8. The van der Waals surface area contributed by atoms with E-state index in [1.54, 1.807) is 12.4 Å². The maximum atomic E-state index is 6.36. The first-order valence-corrected chi connectivity index (χ1v) is 9.77. The van der Waals surface area contributed by atoms with Gasteiger partial charge in [-0.2, -0.15) is 5.10 Å². The minimum absolute atomic E-state index is 0.0931. The maximum Gasteiger partial charge on any atom is 0.213 e. The Hall–Kier alpha value is -2.85. The first kappa shape index (κ1) is 17.3. The minimum atomic E-state index is -0.288. The molecule has 0 saturated heterocycles. The Morgan fingerprint density at radius 2 is 1.86 bits per heavy atom. The third-order valence-corrected chi connectivity index (χ3v) is 5.68. The highest BCUT2D eigenvalue weighted by molar-refractivity contribution is 6.30. The molecule has 0 saturated carbocycles. The van der Waals surface area contributed by atoms with Crippen molar-refractivity contribution in [3.8, 4) is 5.75 Å². The lowest BCUT2D eigenvalue weighted by molar-refractivity contribution is -0.0190.